The zero-order chi connectivity index (χ0) is 16.1. The lowest BCUT2D eigenvalue weighted by Gasteiger charge is -2.13. The van der Waals surface area contributed by atoms with E-state index in [2.05, 4.69) is 15.0 Å². The largest absolute Gasteiger partial charge is 0.338 e. The summed E-state index contributed by atoms with van der Waals surface area (Å²) in [7, 11) is -3.66. The molecule has 0 radical (unpaired) electrons. The number of nitrogens with zero attached hydrogens (tertiary/aromatic N) is 1. The summed E-state index contributed by atoms with van der Waals surface area (Å²) in [6.45, 7) is 0. The number of rotatable bonds is 5. The summed E-state index contributed by atoms with van der Waals surface area (Å²) in [5.41, 5.74) is 1.21. The molecule has 0 spiro atoms. The first-order valence-corrected chi connectivity index (χ1v) is 8.48. The maximum absolute atomic E-state index is 12.4. The van der Waals surface area contributed by atoms with Crippen molar-refractivity contribution in [2.45, 2.75) is 4.90 Å². The van der Waals surface area contributed by atoms with Crippen molar-refractivity contribution in [3.05, 3.63) is 79.0 Å². The van der Waals surface area contributed by atoms with Gasteiger partial charge < -0.3 is 5.32 Å². The van der Waals surface area contributed by atoms with Crippen LogP contribution in [0.4, 0.5) is 17.2 Å². The number of hydrogen-bond donors (Lipinski definition) is 2. The molecule has 0 saturated heterocycles. The fourth-order valence-corrected chi connectivity index (χ4v) is 3.14. The van der Waals surface area contributed by atoms with E-state index in [1.807, 2.05) is 30.3 Å². The molecule has 0 aliphatic heterocycles. The van der Waals surface area contributed by atoms with E-state index >= 15 is 0 Å². The smallest absolute Gasteiger partial charge is 0.262 e. The molecule has 116 valence electrons. The van der Waals surface area contributed by atoms with E-state index in [1.54, 1.807) is 48.7 Å². The SMILES string of the molecule is O=S(=O)(Nc1cccnc1Nc1ccccc1)c1ccccc1. The number of aromatic nitrogens is 1. The van der Waals surface area contributed by atoms with Crippen LogP contribution in [0, 0.1) is 0 Å². The molecule has 5 nitrogen and oxygen atoms in total. The van der Waals surface area contributed by atoms with Gasteiger partial charge in [0.2, 0.25) is 0 Å². The molecule has 2 N–H and O–H groups in total. The highest BCUT2D eigenvalue weighted by atomic mass is 32.2. The molecule has 0 unspecified atom stereocenters. The van der Waals surface area contributed by atoms with Crippen LogP contribution in [0.15, 0.2) is 83.9 Å². The van der Waals surface area contributed by atoms with Crippen molar-refractivity contribution in [1.29, 1.82) is 0 Å². The second-order valence-corrected chi connectivity index (χ2v) is 6.49. The first kappa shape index (κ1) is 15.1. The summed E-state index contributed by atoms with van der Waals surface area (Å²) in [5, 5.41) is 3.11. The first-order chi connectivity index (χ1) is 11.1. The average molecular weight is 325 g/mol. The van der Waals surface area contributed by atoms with E-state index < -0.39 is 10.0 Å². The van der Waals surface area contributed by atoms with Gasteiger partial charge in [-0.2, -0.15) is 0 Å². The van der Waals surface area contributed by atoms with Crippen molar-refractivity contribution < 1.29 is 8.42 Å². The molecule has 23 heavy (non-hydrogen) atoms. The normalized spacial score (nSPS) is 11.0. The van der Waals surface area contributed by atoms with Crippen LogP contribution in [0.25, 0.3) is 0 Å². The maximum atomic E-state index is 12.4. The van der Waals surface area contributed by atoms with Crippen molar-refractivity contribution in [3.63, 3.8) is 0 Å². The third kappa shape index (κ3) is 3.67. The number of hydrogen-bond acceptors (Lipinski definition) is 4. The number of nitrogens with one attached hydrogen (secondary N) is 2. The summed E-state index contributed by atoms with van der Waals surface area (Å²) >= 11 is 0. The second-order valence-electron chi connectivity index (χ2n) is 4.81. The van der Waals surface area contributed by atoms with Crippen LogP contribution in [0.2, 0.25) is 0 Å². The highest BCUT2D eigenvalue weighted by Gasteiger charge is 2.16. The molecule has 0 atom stereocenters. The number of benzene rings is 2. The first-order valence-electron chi connectivity index (χ1n) is 7.00. The Labute approximate surface area is 135 Å². The lowest BCUT2D eigenvalue weighted by Crippen LogP contribution is -2.14. The third-order valence-electron chi connectivity index (χ3n) is 3.14. The van der Waals surface area contributed by atoms with Crippen molar-refractivity contribution in [1.82, 2.24) is 4.98 Å². The Morgan fingerprint density at radius 2 is 1.43 bits per heavy atom. The Balaban J connectivity index is 1.89. The fraction of sp³-hybridized carbons (Fsp3) is 0. The van der Waals surface area contributed by atoms with Crippen LogP contribution in [0.3, 0.4) is 0 Å². The van der Waals surface area contributed by atoms with Gasteiger partial charge in [0.15, 0.2) is 5.82 Å². The number of sulfonamides is 1. The van der Waals surface area contributed by atoms with E-state index in [9.17, 15) is 8.42 Å². The molecule has 3 rings (SSSR count). The quantitative estimate of drug-likeness (QED) is 0.751. The molecule has 1 heterocycles. The van der Waals surface area contributed by atoms with Gasteiger partial charge in [0.1, 0.15) is 0 Å². The highest BCUT2D eigenvalue weighted by Crippen LogP contribution is 2.25. The van der Waals surface area contributed by atoms with E-state index in [1.165, 1.54) is 0 Å². The van der Waals surface area contributed by atoms with E-state index in [-0.39, 0.29) is 4.90 Å². The Morgan fingerprint density at radius 1 is 0.783 bits per heavy atom. The molecule has 0 saturated carbocycles. The second kappa shape index (κ2) is 6.50. The number of para-hydroxylation sites is 1. The maximum Gasteiger partial charge on any atom is 0.262 e. The minimum atomic E-state index is -3.66. The van der Waals surface area contributed by atoms with Gasteiger partial charge >= 0.3 is 0 Å². The van der Waals surface area contributed by atoms with Gasteiger partial charge in [-0.1, -0.05) is 36.4 Å². The van der Waals surface area contributed by atoms with Gasteiger partial charge in [0.25, 0.3) is 10.0 Å². The molecular formula is C17H15N3O2S. The molecule has 2 aromatic carbocycles. The Kier molecular flexibility index (Phi) is 4.25. The molecule has 0 aliphatic rings. The van der Waals surface area contributed by atoms with Gasteiger partial charge in [0, 0.05) is 11.9 Å². The summed E-state index contributed by atoms with van der Waals surface area (Å²) in [6, 6.07) is 21.0. The molecule has 0 amide bonds. The highest BCUT2D eigenvalue weighted by molar-refractivity contribution is 7.92. The van der Waals surface area contributed by atoms with Crippen molar-refractivity contribution in [2.24, 2.45) is 0 Å². The fourth-order valence-electron chi connectivity index (χ4n) is 2.05. The van der Waals surface area contributed by atoms with Crippen LogP contribution in [-0.4, -0.2) is 13.4 Å². The predicted molar refractivity (Wildman–Crippen MR) is 91.2 cm³/mol. The zero-order valence-electron chi connectivity index (χ0n) is 12.2. The minimum absolute atomic E-state index is 0.203. The Hall–Kier alpha value is -2.86. The van der Waals surface area contributed by atoms with Crippen molar-refractivity contribution >= 4 is 27.2 Å². The minimum Gasteiger partial charge on any atom is -0.338 e. The zero-order valence-corrected chi connectivity index (χ0v) is 13.0. The average Bonchev–Trinajstić information content (AvgIpc) is 2.58. The van der Waals surface area contributed by atoms with Gasteiger partial charge in [-0.3, -0.25) is 4.72 Å². The standard InChI is InChI=1S/C17H15N3O2S/c21-23(22,15-10-5-2-6-11-15)20-16-12-7-13-18-17(16)19-14-8-3-1-4-9-14/h1-13,20H,(H,18,19). The lowest BCUT2D eigenvalue weighted by molar-refractivity contribution is 0.601. The van der Waals surface area contributed by atoms with Crippen LogP contribution in [0.5, 0.6) is 0 Å². The Bertz CT molecular complexity index is 882. The van der Waals surface area contributed by atoms with Crippen LogP contribution < -0.4 is 10.0 Å². The molecule has 6 heteroatoms. The third-order valence-corrected chi connectivity index (χ3v) is 4.52. The molecule has 0 aliphatic carbocycles. The van der Waals surface area contributed by atoms with Crippen LogP contribution >= 0.6 is 0 Å². The molecule has 1 aromatic heterocycles. The summed E-state index contributed by atoms with van der Waals surface area (Å²) in [4.78, 5) is 4.42. The van der Waals surface area contributed by atoms with E-state index in [4.69, 9.17) is 0 Å². The van der Waals surface area contributed by atoms with Gasteiger partial charge in [-0.15, -0.1) is 0 Å². The van der Waals surface area contributed by atoms with Crippen LogP contribution in [0.1, 0.15) is 0 Å². The monoisotopic (exact) mass is 325 g/mol. The van der Waals surface area contributed by atoms with Crippen molar-refractivity contribution in [3.8, 4) is 0 Å². The predicted octanol–water partition coefficient (Wildman–Crippen LogP) is 3.63. The van der Waals surface area contributed by atoms with E-state index in [0.717, 1.165) is 5.69 Å². The summed E-state index contributed by atoms with van der Waals surface area (Å²) in [5.74, 6) is 0.443. The molecule has 0 bridgehead atoms. The van der Waals surface area contributed by atoms with Gasteiger partial charge in [-0.05, 0) is 36.4 Å². The number of pyridine rings is 1. The topological polar surface area (TPSA) is 71.1 Å². The van der Waals surface area contributed by atoms with Gasteiger partial charge in [0.05, 0.1) is 10.6 Å². The Morgan fingerprint density at radius 3 is 2.13 bits per heavy atom. The van der Waals surface area contributed by atoms with Crippen LogP contribution in [-0.2, 0) is 10.0 Å². The van der Waals surface area contributed by atoms with Crippen molar-refractivity contribution in [2.75, 3.05) is 10.0 Å². The van der Waals surface area contributed by atoms with Gasteiger partial charge in [-0.25, -0.2) is 13.4 Å². The van der Waals surface area contributed by atoms with E-state index in [0.29, 0.717) is 11.5 Å². The summed E-state index contributed by atoms with van der Waals surface area (Å²) in [6.07, 6.45) is 1.60. The molecule has 3 aromatic rings. The lowest BCUT2D eigenvalue weighted by atomic mass is 10.3. The summed E-state index contributed by atoms with van der Waals surface area (Å²) < 4.78 is 27.4. The number of anilines is 3. The molecule has 0 fully saturated rings. The molecular weight excluding hydrogens is 310 g/mol.